The molecule has 0 bridgehead atoms. The number of nitrogens with zero attached hydrogens (tertiary/aromatic N) is 4. The van der Waals surface area contributed by atoms with Crippen LogP contribution in [-0.2, 0) is 6.42 Å². The van der Waals surface area contributed by atoms with Gasteiger partial charge >= 0.3 is 0 Å². The SMILES string of the molecule is CNCCCc1cn(-c2ccc(F)cc2)c(=O)c(N2CCN(SC)CC2)n1. The van der Waals surface area contributed by atoms with Gasteiger partial charge in [0, 0.05) is 38.1 Å². The molecule has 0 saturated carbocycles. The van der Waals surface area contributed by atoms with Crippen LogP contribution in [-0.4, -0.2) is 59.9 Å². The second-order valence-corrected chi connectivity index (χ2v) is 7.39. The highest BCUT2D eigenvalue weighted by Crippen LogP contribution is 2.16. The van der Waals surface area contributed by atoms with Gasteiger partial charge in [-0.2, -0.15) is 0 Å². The number of nitrogens with one attached hydrogen (secondary N) is 1. The summed E-state index contributed by atoms with van der Waals surface area (Å²) in [5.41, 5.74) is 1.37. The Hall–Kier alpha value is -1.90. The summed E-state index contributed by atoms with van der Waals surface area (Å²) in [6.45, 7) is 4.21. The molecule has 1 aliphatic rings. The number of halogens is 1. The van der Waals surface area contributed by atoms with E-state index >= 15 is 0 Å². The van der Waals surface area contributed by atoms with E-state index in [1.54, 1.807) is 34.8 Å². The predicted octanol–water partition coefficient (Wildman–Crippen LogP) is 1.92. The predicted molar refractivity (Wildman–Crippen MR) is 109 cm³/mol. The molecule has 1 aromatic carbocycles. The first-order chi connectivity index (χ1) is 13.1. The molecule has 0 unspecified atom stereocenters. The van der Waals surface area contributed by atoms with Crippen molar-refractivity contribution in [2.45, 2.75) is 12.8 Å². The summed E-state index contributed by atoms with van der Waals surface area (Å²) in [6, 6.07) is 6.01. The van der Waals surface area contributed by atoms with Gasteiger partial charge in [-0.15, -0.1) is 0 Å². The van der Waals surface area contributed by atoms with Gasteiger partial charge in [0.1, 0.15) is 5.82 Å². The maximum absolute atomic E-state index is 13.3. The maximum atomic E-state index is 13.3. The van der Waals surface area contributed by atoms with E-state index in [1.165, 1.54) is 12.1 Å². The van der Waals surface area contributed by atoms with Crippen LogP contribution in [0.1, 0.15) is 12.1 Å². The molecule has 2 heterocycles. The molecule has 1 N–H and O–H groups in total. The standard InChI is InChI=1S/C19H26FN5OS/c1-21-9-3-4-16-14-25(17-7-5-15(20)6-8-17)19(26)18(22-16)23-10-12-24(27-2)13-11-23/h5-8,14,21H,3-4,9-13H2,1-2H3. The Labute approximate surface area is 163 Å². The maximum Gasteiger partial charge on any atom is 0.298 e. The minimum Gasteiger partial charge on any atom is -0.349 e. The lowest BCUT2D eigenvalue weighted by molar-refractivity contribution is 0.428. The van der Waals surface area contributed by atoms with Crippen molar-refractivity contribution >= 4 is 17.8 Å². The van der Waals surface area contributed by atoms with Crippen LogP contribution in [0.15, 0.2) is 35.3 Å². The fourth-order valence-corrected chi connectivity index (χ4v) is 3.71. The number of aryl methyl sites for hydroxylation is 1. The van der Waals surface area contributed by atoms with Gasteiger partial charge in [-0.3, -0.25) is 9.36 Å². The second kappa shape index (κ2) is 9.34. The molecule has 0 spiro atoms. The van der Waals surface area contributed by atoms with E-state index in [4.69, 9.17) is 0 Å². The number of piperazine rings is 1. The molecule has 0 radical (unpaired) electrons. The quantitative estimate of drug-likeness (QED) is 0.575. The molecule has 146 valence electrons. The van der Waals surface area contributed by atoms with Gasteiger partial charge in [0.15, 0.2) is 5.82 Å². The lowest BCUT2D eigenvalue weighted by Gasteiger charge is -2.33. The third-order valence-corrected chi connectivity index (χ3v) is 5.58. The van der Waals surface area contributed by atoms with Crippen molar-refractivity contribution in [1.29, 1.82) is 0 Å². The molecular weight excluding hydrogens is 365 g/mol. The Balaban J connectivity index is 1.95. The molecule has 27 heavy (non-hydrogen) atoms. The first kappa shape index (κ1) is 19.9. The first-order valence-corrected chi connectivity index (χ1v) is 10.4. The van der Waals surface area contributed by atoms with Gasteiger partial charge in [0.2, 0.25) is 0 Å². The largest absolute Gasteiger partial charge is 0.349 e. The molecule has 6 nitrogen and oxygen atoms in total. The Kier molecular flexibility index (Phi) is 6.87. The van der Waals surface area contributed by atoms with E-state index in [-0.39, 0.29) is 11.4 Å². The van der Waals surface area contributed by atoms with E-state index in [2.05, 4.69) is 25.8 Å². The highest BCUT2D eigenvalue weighted by Gasteiger charge is 2.21. The summed E-state index contributed by atoms with van der Waals surface area (Å²) >= 11 is 1.73. The van der Waals surface area contributed by atoms with E-state index in [0.29, 0.717) is 11.5 Å². The van der Waals surface area contributed by atoms with Crippen LogP contribution in [0.25, 0.3) is 5.69 Å². The van der Waals surface area contributed by atoms with Crippen molar-refractivity contribution in [2.24, 2.45) is 0 Å². The number of benzene rings is 1. The zero-order valence-corrected chi connectivity index (χ0v) is 16.6. The van der Waals surface area contributed by atoms with E-state index in [1.807, 2.05) is 7.05 Å². The number of hydrogen-bond donors (Lipinski definition) is 1. The summed E-state index contributed by atoms with van der Waals surface area (Å²) in [4.78, 5) is 19.9. The first-order valence-electron chi connectivity index (χ1n) is 9.19. The highest BCUT2D eigenvalue weighted by molar-refractivity contribution is 7.96. The third-order valence-electron chi connectivity index (χ3n) is 4.70. The van der Waals surface area contributed by atoms with Gasteiger partial charge in [-0.1, -0.05) is 11.9 Å². The normalized spacial score (nSPS) is 15.3. The van der Waals surface area contributed by atoms with Gasteiger partial charge < -0.3 is 10.2 Å². The van der Waals surface area contributed by atoms with Crippen LogP contribution >= 0.6 is 11.9 Å². The van der Waals surface area contributed by atoms with Crippen molar-refractivity contribution < 1.29 is 4.39 Å². The Morgan fingerprint density at radius 1 is 1.19 bits per heavy atom. The lowest BCUT2D eigenvalue weighted by Crippen LogP contribution is -2.46. The molecule has 1 aromatic heterocycles. The smallest absolute Gasteiger partial charge is 0.298 e. The highest BCUT2D eigenvalue weighted by atomic mass is 32.2. The molecule has 0 atom stereocenters. The van der Waals surface area contributed by atoms with Crippen molar-refractivity contribution in [3.05, 3.63) is 52.3 Å². The van der Waals surface area contributed by atoms with Gasteiger partial charge in [0.25, 0.3) is 5.56 Å². The van der Waals surface area contributed by atoms with Crippen molar-refractivity contribution in [3.8, 4) is 5.69 Å². The fourth-order valence-electron chi connectivity index (χ4n) is 3.18. The van der Waals surface area contributed by atoms with Gasteiger partial charge in [0.05, 0.1) is 5.69 Å². The zero-order chi connectivity index (χ0) is 19.2. The zero-order valence-electron chi connectivity index (χ0n) is 15.8. The average Bonchev–Trinajstić information content (AvgIpc) is 2.70. The molecule has 0 amide bonds. The van der Waals surface area contributed by atoms with E-state index in [9.17, 15) is 9.18 Å². The van der Waals surface area contributed by atoms with Crippen LogP contribution in [0.4, 0.5) is 10.2 Å². The summed E-state index contributed by atoms with van der Waals surface area (Å²) < 4.78 is 17.2. The molecular formula is C19H26FN5OS. The number of aromatic nitrogens is 2. The third kappa shape index (κ3) is 4.88. The Morgan fingerprint density at radius 2 is 1.89 bits per heavy atom. The van der Waals surface area contributed by atoms with Gasteiger partial charge in [-0.25, -0.2) is 13.7 Å². The van der Waals surface area contributed by atoms with E-state index in [0.717, 1.165) is 51.3 Å². The van der Waals surface area contributed by atoms with Gasteiger partial charge in [-0.05, 0) is 57.0 Å². The van der Waals surface area contributed by atoms with Crippen LogP contribution < -0.4 is 15.8 Å². The molecule has 1 aliphatic heterocycles. The number of anilines is 1. The number of hydrogen-bond acceptors (Lipinski definition) is 6. The lowest BCUT2D eigenvalue weighted by atomic mass is 10.2. The average molecular weight is 392 g/mol. The summed E-state index contributed by atoms with van der Waals surface area (Å²) in [6.07, 6.45) is 5.57. The molecule has 8 heteroatoms. The second-order valence-electron chi connectivity index (χ2n) is 6.51. The van der Waals surface area contributed by atoms with E-state index < -0.39 is 0 Å². The molecule has 1 saturated heterocycles. The Bertz CT molecular complexity index is 803. The minimum atomic E-state index is -0.316. The van der Waals surface area contributed by atoms with Crippen LogP contribution in [0.3, 0.4) is 0 Å². The van der Waals surface area contributed by atoms with Crippen LogP contribution in [0.5, 0.6) is 0 Å². The number of rotatable bonds is 7. The Morgan fingerprint density at radius 3 is 2.52 bits per heavy atom. The van der Waals surface area contributed by atoms with Crippen molar-refractivity contribution in [1.82, 2.24) is 19.2 Å². The van der Waals surface area contributed by atoms with Crippen LogP contribution in [0, 0.1) is 5.82 Å². The topological polar surface area (TPSA) is 53.4 Å². The minimum absolute atomic E-state index is 0.156. The van der Waals surface area contributed by atoms with Crippen molar-refractivity contribution in [2.75, 3.05) is 50.9 Å². The van der Waals surface area contributed by atoms with Crippen molar-refractivity contribution in [3.63, 3.8) is 0 Å². The molecule has 1 fully saturated rings. The summed E-state index contributed by atoms with van der Waals surface area (Å²) in [5.74, 6) is 0.172. The van der Waals surface area contributed by atoms with Crippen LogP contribution in [0.2, 0.25) is 0 Å². The summed E-state index contributed by atoms with van der Waals surface area (Å²) in [5, 5.41) is 3.13. The summed E-state index contributed by atoms with van der Waals surface area (Å²) in [7, 11) is 1.92. The molecule has 2 aromatic rings. The fraction of sp³-hybridized carbons (Fsp3) is 0.474. The molecule has 3 rings (SSSR count). The molecule has 0 aliphatic carbocycles. The monoisotopic (exact) mass is 391 g/mol.